The van der Waals surface area contributed by atoms with Gasteiger partial charge in [0, 0.05) is 33.8 Å². The second kappa shape index (κ2) is 7.14. The molecule has 1 N–H and O–H groups in total. The molecular weight excluding hydrogens is 406 g/mol. The lowest BCUT2D eigenvalue weighted by Crippen LogP contribution is -2.21. The fourth-order valence-corrected chi connectivity index (χ4v) is 5.00. The van der Waals surface area contributed by atoms with E-state index in [2.05, 4.69) is 78.1 Å². The average molecular weight is 428 g/mol. The smallest absolute Gasteiger partial charge is 0.136 e. The number of para-hydroxylation sites is 2. The molecule has 7 rings (SSSR count). The number of anilines is 1. The minimum Gasteiger partial charge on any atom is -0.460 e. The maximum Gasteiger partial charge on any atom is 0.136 e. The van der Waals surface area contributed by atoms with Crippen molar-refractivity contribution in [2.45, 2.75) is 12.5 Å². The predicted octanol–water partition coefficient (Wildman–Crippen LogP) is 8.05. The lowest BCUT2D eigenvalue weighted by Gasteiger charge is -2.19. The predicted molar refractivity (Wildman–Crippen MR) is 136 cm³/mol. The van der Waals surface area contributed by atoms with E-state index in [1.54, 1.807) is 0 Å². The molecule has 1 aliphatic rings. The van der Waals surface area contributed by atoms with Crippen LogP contribution >= 0.6 is 0 Å². The molecule has 0 radical (unpaired) electrons. The summed E-state index contributed by atoms with van der Waals surface area (Å²) in [4.78, 5) is 0. The molecule has 0 bridgehead atoms. The van der Waals surface area contributed by atoms with E-state index < -0.39 is 0 Å². The van der Waals surface area contributed by atoms with Crippen LogP contribution in [0.15, 0.2) is 106 Å². The van der Waals surface area contributed by atoms with Crippen molar-refractivity contribution < 1.29 is 8.83 Å². The second-order valence-electron chi connectivity index (χ2n) is 8.60. The summed E-state index contributed by atoms with van der Waals surface area (Å²) < 4.78 is 12.2. The van der Waals surface area contributed by atoms with Crippen molar-refractivity contribution in [3.05, 3.63) is 108 Å². The molecule has 2 heterocycles. The molecule has 6 aromatic rings. The first-order valence-electron chi connectivity index (χ1n) is 11.3. The van der Waals surface area contributed by atoms with Crippen LogP contribution in [-0.2, 0) is 6.42 Å². The largest absolute Gasteiger partial charge is 0.460 e. The molecular formula is C30H21NO2. The van der Waals surface area contributed by atoms with Gasteiger partial charge in [-0.3, -0.25) is 0 Å². The van der Waals surface area contributed by atoms with Gasteiger partial charge in [0.05, 0.1) is 6.04 Å². The number of hydrogen-bond donors (Lipinski definition) is 1. The molecule has 1 aliphatic carbocycles. The van der Waals surface area contributed by atoms with Crippen molar-refractivity contribution in [3.8, 4) is 11.1 Å². The molecule has 0 amide bonds. The van der Waals surface area contributed by atoms with Gasteiger partial charge in [-0.05, 0) is 41.5 Å². The molecule has 158 valence electrons. The van der Waals surface area contributed by atoms with Gasteiger partial charge in [-0.25, -0.2) is 0 Å². The Balaban J connectivity index is 1.18. The van der Waals surface area contributed by atoms with Gasteiger partial charge in [-0.1, -0.05) is 72.8 Å². The van der Waals surface area contributed by atoms with Gasteiger partial charge in [0.25, 0.3) is 0 Å². The number of rotatable bonds is 3. The van der Waals surface area contributed by atoms with E-state index in [-0.39, 0.29) is 6.04 Å². The lowest BCUT2D eigenvalue weighted by molar-refractivity contribution is 0.537. The molecule has 3 nitrogen and oxygen atoms in total. The summed E-state index contributed by atoms with van der Waals surface area (Å²) in [5.74, 6) is 1.05. The molecule has 0 saturated heterocycles. The molecule has 4 aromatic carbocycles. The lowest BCUT2D eigenvalue weighted by atomic mass is 9.98. The van der Waals surface area contributed by atoms with E-state index >= 15 is 0 Å². The zero-order chi connectivity index (χ0) is 21.8. The Morgan fingerprint density at radius 2 is 1.39 bits per heavy atom. The molecule has 33 heavy (non-hydrogen) atoms. The maximum atomic E-state index is 6.10. The van der Waals surface area contributed by atoms with Gasteiger partial charge in [0.1, 0.15) is 22.5 Å². The molecule has 1 atom stereocenters. The summed E-state index contributed by atoms with van der Waals surface area (Å²) in [6.07, 6.45) is 5.25. The summed E-state index contributed by atoms with van der Waals surface area (Å²) in [6, 6.07) is 31.6. The summed E-state index contributed by atoms with van der Waals surface area (Å²) in [7, 11) is 0. The minimum atomic E-state index is 0.199. The van der Waals surface area contributed by atoms with E-state index in [1.165, 1.54) is 27.5 Å². The zero-order valence-corrected chi connectivity index (χ0v) is 17.9. The summed E-state index contributed by atoms with van der Waals surface area (Å²) in [5.41, 5.74) is 7.47. The molecule has 0 aliphatic heterocycles. The van der Waals surface area contributed by atoms with Crippen LogP contribution in [0.5, 0.6) is 0 Å². The third-order valence-electron chi connectivity index (χ3n) is 6.56. The Morgan fingerprint density at radius 3 is 2.24 bits per heavy atom. The third kappa shape index (κ3) is 2.97. The van der Waals surface area contributed by atoms with Gasteiger partial charge in [0.2, 0.25) is 0 Å². The molecule has 2 aromatic heterocycles. The van der Waals surface area contributed by atoms with Crippen LogP contribution < -0.4 is 5.32 Å². The standard InChI is InChI=1S/C30H21NO2/c1-3-9-26-23(6-1)24-17-16-21(18-29(24)33-26)31-20-14-12-19(13-15-20)22-8-5-11-28-30(22)25-7-2-4-10-27(25)32-28/h1-17,21,31H,18H2. The Bertz CT molecular complexity index is 1670. The van der Waals surface area contributed by atoms with Gasteiger partial charge in [0.15, 0.2) is 0 Å². The van der Waals surface area contributed by atoms with Crippen molar-refractivity contribution in [2.75, 3.05) is 5.32 Å². The Morgan fingerprint density at radius 1 is 0.667 bits per heavy atom. The topological polar surface area (TPSA) is 38.3 Å². The highest BCUT2D eigenvalue weighted by Gasteiger charge is 2.20. The first kappa shape index (κ1) is 18.3. The van der Waals surface area contributed by atoms with Crippen LogP contribution in [-0.4, -0.2) is 6.04 Å². The number of furan rings is 2. The average Bonchev–Trinajstić information content (AvgIpc) is 3.42. The van der Waals surface area contributed by atoms with Crippen LogP contribution in [0, 0.1) is 0 Å². The van der Waals surface area contributed by atoms with E-state index in [9.17, 15) is 0 Å². The SMILES string of the molecule is C1=CC(Nc2ccc(-c3cccc4oc5ccccc5c34)cc2)Cc2oc3ccccc3c21. The Hall–Kier alpha value is -4.24. The molecule has 0 fully saturated rings. The zero-order valence-electron chi connectivity index (χ0n) is 17.9. The van der Waals surface area contributed by atoms with Crippen molar-refractivity contribution in [1.29, 1.82) is 0 Å². The van der Waals surface area contributed by atoms with Crippen LogP contribution in [0.1, 0.15) is 11.3 Å². The van der Waals surface area contributed by atoms with Crippen LogP contribution in [0.2, 0.25) is 0 Å². The summed E-state index contributed by atoms with van der Waals surface area (Å²) >= 11 is 0. The van der Waals surface area contributed by atoms with E-state index in [0.29, 0.717) is 0 Å². The second-order valence-corrected chi connectivity index (χ2v) is 8.60. The number of fused-ring (bicyclic) bond motifs is 6. The molecule has 0 spiro atoms. The fourth-order valence-electron chi connectivity index (χ4n) is 5.00. The highest BCUT2D eigenvalue weighted by Crippen LogP contribution is 2.37. The van der Waals surface area contributed by atoms with E-state index in [0.717, 1.165) is 40.0 Å². The monoisotopic (exact) mass is 427 g/mol. The van der Waals surface area contributed by atoms with Gasteiger partial charge < -0.3 is 14.2 Å². The van der Waals surface area contributed by atoms with E-state index in [4.69, 9.17) is 8.83 Å². The highest BCUT2D eigenvalue weighted by atomic mass is 16.3. The van der Waals surface area contributed by atoms with Gasteiger partial charge in [-0.2, -0.15) is 0 Å². The normalized spacial score (nSPS) is 15.3. The number of hydrogen-bond acceptors (Lipinski definition) is 3. The Labute approximate surface area is 190 Å². The molecule has 3 heteroatoms. The van der Waals surface area contributed by atoms with Crippen molar-refractivity contribution in [1.82, 2.24) is 0 Å². The quantitative estimate of drug-likeness (QED) is 0.310. The molecule has 1 unspecified atom stereocenters. The minimum absolute atomic E-state index is 0.199. The van der Waals surface area contributed by atoms with Gasteiger partial charge >= 0.3 is 0 Å². The van der Waals surface area contributed by atoms with E-state index in [1.807, 2.05) is 30.3 Å². The van der Waals surface area contributed by atoms with Crippen molar-refractivity contribution in [3.63, 3.8) is 0 Å². The van der Waals surface area contributed by atoms with Crippen LogP contribution in [0.3, 0.4) is 0 Å². The van der Waals surface area contributed by atoms with Gasteiger partial charge in [-0.15, -0.1) is 0 Å². The number of benzene rings is 4. The highest BCUT2D eigenvalue weighted by molar-refractivity contribution is 6.12. The Kier molecular flexibility index (Phi) is 3.97. The third-order valence-corrected chi connectivity index (χ3v) is 6.56. The van der Waals surface area contributed by atoms with Crippen molar-refractivity contribution >= 4 is 44.7 Å². The van der Waals surface area contributed by atoms with Crippen LogP contribution in [0.4, 0.5) is 5.69 Å². The first-order chi connectivity index (χ1) is 16.3. The van der Waals surface area contributed by atoms with Crippen molar-refractivity contribution in [2.24, 2.45) is 0 Å². The number of nitrogens with one attached hydrogen (secondary N) is 1. The first-order valence-corrected chi connectivity index (χ1v) is 11.3. The fraction of sp³-hybridized carbons (Fsp3) is 0.0667. The van der Waals surface area contributed by atoms with Crippen LogP contribution in [0.25, 0.3) is 50.1 Å². The maximum absolute atomic E-state index is 6.10. The summed E-state index contributed by atoms with van der Waals surface area (Å²) in [6.45, 7) is 0. The molecule has 0 saturated carbocycles. The summed E-state index contributed by atoms with van der Waals surface area (Å²) in [5, 5.41) is 7.15.